The number of hydrogen-bond acceptors (Lipinski definition) is 18. The maximum atomic E-state index is 12.5. The van der Waals surface area contributed by atoms with Crippen molar-refractivity contribution in [3.8, 4) is 5.75 Å². The molecular weight excluding hydrogens is 672 g/mol. The topological polar surface area (TPSA) is 221 Å². The second-order valence-corrected chi connectivity index (χ2v) is 11.1. The van der Waals surface area contributed by atoms with E-state index in [4.69, 9.17) is 52.1 Å². The Morgan fingerprint density at radius 1 is 0.480 bits per heavy atom. The molecule has 2 aliphatic rings. The first-order valence-electron chi connectivity index (χ1n) is 15.4. The molecule has 0 radical (unpaired) electrons. The van der Waals surface area contributed by atoms with Crippen LogP contribution in [0.1, 0.15) is 48.5 Å². The van der Waals surface area contributed by atoms with Gasteiger partial charge in [-0.2, -0.15) is 0 Å². The lowest BCUT2D eigenvalue weighted by atomic mass is 9.96. The van der Waals surface area contributed by atoms with Crippen molar-refractivity contribution in [2.24, 2.45) is 0 Å². The minimum Gasteiger partial charge on any atom is -0.463 e. The van der Waals surface area contributed by atoms with Crippen molar-refractivity contribution in [3.05, 3.63) is 30.3 Å². The Labute approximate surface area is 286 Å². The van der Waals surface area contributed by atoms with Crippen LogP contribution in [0.5, 0.6) is 5.75 Å². The molecule has 0 saturated carbocycles. The van der Waals surface area contributed by atoms with Crippen molar-refractivity contribution in [2.75, 3.05) is 13.2 Å². The minimum atomic E-state index is -1.79. The van der Waals surface area contributed by atoms with Crippen LogP contribution in [-0.4, -0.2) is 116 Å². The fourth-order valence-electron chi connectivity index (χ4n) is 5.20. The van der Waals surface area contributed by atoms with Gasteiger partial charge < -0.3 is 52.1 Å². The Hall–Kier alpha value is -4.81. The molecule has 276 valence electrons. The van der Waals surface area contributed by atoms with Gasteiger partial charge in [-0.05, 0) is 12.1 Å². The van der Waals surface area contributed by atoms with Crippen LogP contribution in [0.4, 0.5) is 0 Å². The van der Waals surface area contributed by atoms with Gasteiger partial charge in [0.25, 0.3) is 0 Å². The number of ether oxygens (including phenoxy) is 11. The molecule has 0 N–H and O–H groups in total. The summed E-state index contributed by atoms with van der Waals surface area (Å²) < 4.78 is 62.3. The maximum absolute atomic E-state index is 12.5. The van der Waals surface area contributed by atoms with Gasteiger partial charge in [0.05, 0.1) is 0 Å². The molecule has 2 aliphatic heterocycles. The highest BCUT2D eigenvalue weighted by molar-refractivity contribution is 5.69. The molecule has 50 heavy (non-hydrogen) atoms. The van der Waals surface area contributed by atoms with E-state index >= 15 is 0 Å². The van der Waals surface area contributed by atoms with E-state index in [2.05, 4.69) is 0 Å². The Morgan fingerprint density at radius 2 is 0.860 bits per heavy atom. The maximum Gasteiger partial charge on any atom is 0.303 e. The summed E-state index contributed by atoms with van der Waals surface area (Å²) in [5.74, 6) is -5.56. The summed E-state index contributed by atoms with van der Waals surface area (Å²) in [6.07, 6.45) is -15.5. The third kappa shape index (κ3) is 11.7. The second kappa shape index (κ2) is 18.3. The Balaban J connectivity index is 2.16. The van der Waals surface area contributed by atoms with Gasteiger partial charge in [-0.3, -0.25) is 33.6 Å². The fraction of sp³-hybridized carbons (Fsp3) is 0.594. The van der Waals surface area contributed by atoms with Crippen molar-refractivity contribution in [1.82, 2.24) is 0 Å². The standard InChI is InChI=1S/C32H40O18/c1-15(33)40-13-23-25(42-17(3)35)27(43-18(4)36)30(46-21(7)39)32(49-23)50-26-24(14-41-16(2)34)48-31(47-22-11-9-8-10-12-22)29(45-20(6)38)28(26)44-19(5)37/h8-12,23-32H,13-14H2,1-7H3/t23-,24-,25-,26-,27+,28+,29+,30+,31-,32+/m1/s1. The van der Waals surface area contributed by atoms with Crippen LogP contribution >= 0.6 is 0 Å². The van der Waals surface area contributed by atoms with Crippen LogP contribution in [0.15, 0.2) is 30.3 Å². The summed E-state index contributed by atoms with van der Waals surface area (Å²) >= 11 is 0. The highest BCUT2D eigenvalue weighted by Crippen LogP contribution is 2.36. The van der Waals surface area contributed by atoms with Gasteiger partial charge in [0.2, 0.25) is 12.4 Å². The van der Waals surface area contributed by atoms with Gasteiger partial charge >= 0.3 is 41.8 Å². The molecule has 2 heterocycles. The van der Waals surface area contributed by atoms with Crippen molar-refractivity contribution in [1.29, 1.82) is 0 Å². The molecule has 3 rings (SSSR count). The van der Waals surface area contributed by atoms with Gasteiger partial charge in [0.1, 0.15) is 37.3 Å². The molecule has 0 unspecified atom stereocenters. The van der Waals surface area contributed by atoms with Crippen molar-refractivity contribution >= 4 is 41.8 Å². The summed E-state index contributed by atoms with van der Waals surface area (Å²) in [5, 5.41) is 0. The Morgan fingerprint density at radius 3 is 1.32 bits per heavy atom. The smallest absolute Gasteiger partial charge is 0.303 e. The van der Waals surface area contributed by atoms with Crippen LogP contribution in [0.25, 0.3) is 0 Å². The number of hydrogen-bond donors (Lipinski definition) is 0. The number of esters is 7. The summed E-state index contributed by atoms with van der Waals surface area (Å²) in [5.41, 5.74) is 0. The zero-order valence-electron chi connectivity index (χ0n) is 28.4. The molecule has 18 heteroatoms. The second-order valence-electron chi connectivity index (χ2n) is 11.1. The van der Waals surface area contributed by atoms with Gasteiger partial charge in [0, 0.05) is 48.5 Å². The largest absolute Gasteiger partial charge is 0.463 e. The fourth-order valence-corrected chi connectivity index (χ4v) is 5.20. The summed E-state index contributed by atoms with van der Waals surface area (Å²) in [6, 6.07) is 8.21. The highest BCUT2D eigenvalue weighted by Gasteiger charge is 2.58. The zero-order chi connectivity index (χ0) is 37.1. The molecule has 2 fully saturated rings. The number of carbonyl (C=O) groups excluding carboxylic acids is 7. The monoisotopic (exact) mass is 712 g/mol. The first kappa shape index (κ1) is 39.6. The quantitative estimate of drug-likeness (QED) is 0.203. The van der Waals surface area contributed by atoms with Gasteiger partial charge in [-0.1, -0.05) is 18.2 Å². The summed E-state index contributed by atoms with van der Waals surface area (Å²) in [4.78, 5) is 85.3. The van der Waals surface area contributed by atoms with Crippen molar-refractivity contribution in [3.63, 3.8) is 0 Å². The van der Waals surface area contributed by atoms with E-state index in [9.17, 15) is 33.6 Å². The number of para-hydroxylation sites is 1. The van der Waals surface area contributed by atoms with E-state index in [1.54, 1.807) is 30.3 Å². The summed E-state index contributed by atoms with van der Waals surface area (Å²) in [7, 11) is 0. The molecule has 0 aromatic heterocycles. The van der Waals surface area contributed by atoms with Gasteiger partial charge in [0.15, 0.2) is 30.7 Å². The van der Waals surface area contributed by atoms with Crippen LogP contribution in [0.2, 0.25) is 0 Å². The molecule has 0 amide bonds. The molecule has 1 aromatic carbocycles. The van der Waals surface area contributed by atoms with E-state index < -0.39 is 116 Å². The van der Waals surface area contributed by atoms with Crippen molar-refractivity contribution < 1.29 is 85.7 Å². The predicted octanol–water partition coefficient (Wildman–Crippen LogP) is 0.685. The van der Waals surface area contributed by atoms with E-state index in [1.165, 1.54) is 0 Å². The van der Waals surface area contributed by atoms with Crippen molar-refractivity contribution in [2.45, 2.75) is 110 Å². The minimum absolute atomic E-state index is 0.265. The van der Waals surface area contributed by atoms with Crippen LogP contribution in [0, 0.1) is 0 Å². The lowest BCUT2D eigenvalue weighted by Gasteiger charge is -2.48. The molecule has 0 bridgehead atoms. The Bertz CT molecular complexity index is 1380. The summed E-state index contributed by atoms with van der Waals surface area (Å²) in [6.45, 7) is 6.42. The number of benzene rings is 1. The molecular formula is C32H40O18. The molecule has 18 nitrogen and oxygen atoms in total. The predicted molar refractivity (Wildman–Crippen MR) is 160 cm³/mol. The third-order valence-corrected chi connectivity index (χ3v) is 6.88. The van der Waals surface area contributed by atoms with Crippen LogP contribution in [-0.2, 0) is 80.9 Å². The number of carbonyl (C=O) groups is 7. The molecule has 10 atom stereocenters. The van der Waals surface area contributed by atoms with Crippen LogP contribution in [0.3, 0.4) is 0 Å². The van der Waals surface area contributed by atoms with Gasteiger partial charge in [-0.15, -0.1) is 0 Å². The van der Waals surface area contributed by atoms with E-state index in [-0.39, 0.29) is 5.75 Å². The van der Waals surface area contributed by atoms with E-state index in [0.29, 0.717) is 0 Å². The molecule has 1 aromatic rings. The average molecular weight is 713 g/mol. The molecule has 2 saturated heterocycles. The Kier molecular flexibility index (Phi) is 14.5. The average Bonchev–Trinajstić information content (AvgIpc) is 3.00. The lowest BCUT2D eigenvalue weighted by Crippen LogP contribution is -2.67. The zero-order valence-corrected chi connectivity index (χ0v) is 28.4. The van der Waals surface area contributed by atoms with E-state index in [0.717, 1.165) is 48.5 Å². The highest BCUT2D eigenvalue weighted by atomic mass is 16.8. The first-order valence-corrected chi connectivity index (χ1v) is 15.4. The molecule has 0 aliphatic carbocycles. The SMILES string of the molecule is CC(=O)OC[C@H]1O[C@@H](O[C@H]2[C@H](OC(C)=O)[C@H](OC(C)=O)[C@H](Oc3ccccc3)O[C@@H]2COC(C)=O)[C@@H](OC(C)=O)[C@@H](OC(C)=O)[C@@H]1OC(C)=O. The molecule has 0 spiro atoms. The third-order valence-electron chi connectivity index (χ3n) is 6.88. The normalized spacial score (nSPS) is 28.9. The first-order chi connectivity index (χ1) is 23.5. The number of rotatable bonds is 13. The van der Waals surface area contributed by atoms with Crippen LogP contribution < -0.4 is 4.74 Å². The van der Waals surface area contributed by atoms with Gasteiger partial charge in [-0.25, -0.2) is 0 Å². The lowest BCUT2D eigenvalue weighted by molar-refractivity contribution is -0.354. The van der Waals surface area contributed by atoms with E-state index in [1.807, 2.05) is 0 Å².